The third kappa shape index (κ3) is 3.85. The van der Waals surface area contributed by atoms with Gasteiger partial charge in [0.25, 0.3) is 0 Å². The summed E-state index contributed by atoms with van der Waals surface area (Å²) in [6.07, 6.45) is 1.98. The molecule has 0 aliphatic heterocycles. The zero-order valence-corrected chi connectivity index (χ0v) is 11.8. The van der Waals surface area contributed by atoms with Crippen molar-refractivity contribution in [2.24, 2.45) is 5.10 Å². The summed E-state index contributed by atoms with van der Waals surface area (Å²) in [6.45, 7) is 10.1. The smallest absolute Gasteiger partial charge is 0.187 e. The van der Waals surface area contributed by atoms with Gasteiger partial charge in [0, 0.05) is 23.5 Å². The van der Waals surface area contributed by atoms with Gasteiger partial charge in [-0.05, 0) is 52.4 Å². The summed E-state index contributed by atoms with van der Waals surface area (Å²) >= 11 is 5.11. The Morgan fingerprint density at radius 3 is 2.53 bits per heavy atom. The molecule has 0 amide bonds. The van der Waals surface area contributed by atoms with Crippen molar-refractivity contribution in [2.75, 3.05) is 0 Å². The van der Waals surface area contributed by atoms with Crippen LogP contribution in [0.2, 0.25) is 0 Å². The van der Waals surface area contributed by atoms with Gasteiger partial charge in [-0.1, -0.05) is 0 Å². The van der Waals surface area contributed by atoms with Crippen LogP contribution >= 0.6 is 12.2 Å². The zero-order valence-electron chi connectivity index (χ0n) is 11.0. The second-order valence-corrected chi connectivity index (χ2v) is 4.82. The Morgan fingerprint density at radius 2 is 2.06 bits per heavy atom. The molecule has 5 heteroatoms. The Morgan fingerprint density at radius 1 is 1.41 bits per heavy atom. The van der Waals surface area contributed by atoms with E-state index in [0.717, 1.165) is 17.0 Å². The van der Waals surface area contributed by atoms with Gasteiger partial charge in [-0.15, -0.1) is 0 Å². The molecule has 0 atom stereocenters. The number of nitrogens with one attached hydrogen (secondary N) is 3. The number of aromatic nitrogens is 1. The second-order valence-electron chi connectivity index (χ2n) is 4.41. The van der Waals surface area contributed by atoms with Crippen LogP contribution in [0.3, 0.4) is 0 Å². The Bertz CT molecular complexity index is 412. The molecule has 3 N–H and O–H groups in total. The second kappa shape index (κ2) is 5.82. The lowest BCUT2D eigenvalue weighted by atomic mass is 10.1. The molecule has 1 aromatic heterocycles. The summed E-state index contributed by atoms with van der Waals surface area (Å²) in [5, 5.41) is 7.91. The number of aromatic amines is 1. The van der Waals surface area contributed by atoms with Crippen LogP contribution in [0.4, 0.5) is 0 Å². The third-order valence-electron chi connectivity index (χ3n) is 2.38. The standard InChI is InChI=1S/C12H20N4S/c1-7(2)14-12(17)16-15-10(5)11-8(3)6-13-9(11)4/h6-7,13H,1-5H3,(H2,14,16,17)/b15-10+. The van der Waals surface area contributed by atoms with Crippen LogP contribution < -0.4 is 10.7 Å². The number of aryl methyl sites for hydroxylation is 2. The highest BCUT2D eigenvalue weighted by molar-refractivity contribution is 7.80. The molecule has 0 aliphatic rings. The maximum atomic E-state index is 5.11. The van der Waals surface area contributed by atoms with Crippen molar-refractivity contribution in [2.45, 2.75) is 40.7 Å². The molecule has 0 radical (unpaired) electrons. The Hall–Kier alpha value is -1.36. The first-order valence-electron chi connectivity index (χ1n) is 5.67. The number of nitrogens with zero attached hydrogens (tertiary/aromatic N) is 1. The molecule has 0 bridgehead atoms. The lowest BCUT2D eigenvalue weighted by Crippen LogP contribution is -2.37. The molecule has 0 unspecified atom stereocenters. The molecule has 1 aromatic rings. The van der Waals surface area contributed by atoms with Gasteiger partial charge in [-0.3, -0.25) is 5.43 Å². The van der Waals surface area contributed by atoms with Crippen LogP contribution in [0.1, 0.15) is 37.6 Å². The predicted molar refractivity (Wildman–Crippen MR) is 76.5 cm³/mol. The van der Waals surface area contributed by atoms with Crippen LogP contribution in [0, 0.1) is 13.8 Å². The molecule has 0 fully saturated rings. The number of hydrogen-bond acceptors (Lipinski definition) is 2. The van der Waals surface area contributed by atoms with Crippen molar-refractivity contribution in [3.05, 3.63) is 23.0 Å². The largest absolute Gasteiger partial charge is 0.364 e. The molecule has 0 saturated heterocycles. The molecule has 94 valence electrons. The summed E-state index contributed by atoms with van der Waals surface area (Å²) in [6, 6.07) is 0.307. The topological polar surface area (TPSA) is 52.2 Å². The van der Waals surface area contributed by atoms with Crippen molar-refractivity contribution < 1.29 is 0 Å². The number of rotatable bonds is 3. The average Bonchev–Trinajstić information content (AvgIpc) is 2.54. The van der Waals surface area contributed by atoms with E-state index in [0.29, 0.717) is 11.2 Å². The number of thiocarbonyl (C=S) groups is 1. The molecule has 1 heterocycles. The van der Waals surface area contributed by atoms with Crippen molar-refractivity contribution in [1.29, 1.82) is 0 Å². The summed E-state index contributed by atoms with van der Waals surface area (Å²) in [7, 11) is 0. The maximum Gasteiger partial charge on any atom is 0.187 e. The first kappa shape index (κ1) is 13.7. The maximum absolute atomic E-state index is 5.11. The predicted octanol–water partition coefficient (Wildman–Crippen LogP) is 2.23. The van der Waals surface area contributed by atoms with Crippen LogP contribution in [0.25, 0.3) is 0 Å². The SMILES string of the molecule is C/C(=N\NC(=S)NC(C)C)c1c(C)c[nH]c1C. The Balaban J connectivity index is 2.71. The van der Waals surface area contributed by atoms with E-state index >= 15 is 0 Å². The van der Waals surface area contributed by atoms with Crippen LogP contribution in [0.15, 0.2) is 11.3 Å². The Kier molecular flexibility index (Phi) is 4.69. The molecule has 0 spiro atoms. The highest BCUT2D eigenvalue weighted by Crippen LogP contribution is 2.12. The van der Waals surface area contributed by atoms with Gasteiger partial charge in [0.05, 0.1) is 5.71 Å². The molecule has 0 aliphatic carbocycles. The fourth-order valence-electron chi connectivity index (χ4n) is 1.70. The van der Waals surface area contributed by atoms with E-state index in [2.05, 4.69) is 27.8 Å². The zero-order chi connectivity index (χ0) is 13.0. The van der Waals surface area contributed by atoms with Crippen molar-refractivity contribution in [1.82, 2.24) is 15.7 Å². The molecular formula is C12H20N4S. The highest BCUT2D eigenvalue weighted by atomic mass is 32.1. The van der Waals surface area contributed by atoms with Gasteiger partial charge < -0.3 is 10.3 Å². The minimum absolute atomic E-state index is 0.307. The van der Waals surface area contributed by atoms with Gasteiger partial charge in [0.15, 0.2) is 5.11 Å². The fourth-order valence-corrected chi connectivity index (χ4v) is 1.98. The summed E-state index contributed by atoms with van der Waals surface area (Å²) in [4.78, 5) is 3.18. The van der Waals surface area contributed by atoms with Gasteiger partial charge >= 0.3 is 0 Å². The van der Waals surface area contributed by atoms with E-state index in [1.807, 2.05) is 33.9 Å². The molecule has 17 heavy (non-hydrogen) atoms. The van der Waals surface area contributed by atoms with E-state index in [-0.39, 0.29) is 0 Å². The van der Waals surface area contributed by atoms with Gasteiger partial charge in [-0.2, -0.15) is 5.10 Å². The molecule has 4 nitrogen and oxygen atoms in total. The van der Waals surface area contributed by atoms with E-state index in [9.17, 15) is 0 Å². The number of hydrazone groups is 1. The van der Waals surface area contributed by atoms with Gasteiger partial charge in [0.1, 0.15) is 0 Å². The quantitative estimate of drug-likeness (QED) is 0.439. The molecule has 1 rings (SSSR count). The minimum Gasteiger partial charge on any atom is -0.364 e. The highest BCUT2D eigenvalue weighted by Gasteiger charge is 2.07. The van der Waals surface area contributed by atoms with Crippen LogP contribution in [0.5, 0.6) is 0 Å². The van der Waals surface area contributed by atoms with E-state index < -0.39 is 0 Å². The average molecular weight is 252 g/mol. The first-order chi connectivity index (χ1) is 7.91. The third-order valence-corrected chi connectivity index (χ3v) is 2.59. The fraction of sp³-hybridized carbons (Fsp3) is 0.500. The van der Waals surface area contributed by atoms with Crippen molar-refractivity contribution in [3.63, 3.8) is 0 Å². The summed E-state index contributed by atoms with van der Waals surface area (Å²) in [5.41, 5.74) is 7.23. The molecular weight excluding hydrogens is 232 g/mol. The number of H-pyrrole nitrogens is 1. The monoisotopic (exact) mass is 252 g/mol. The van der Waals surface area contributed by atoms with Crippen LogP contribution in [-0.2, 0) is 0 Å². The van der Waals surface area contributed by atoms with E-state index in [4.69, 9.17) is 12.2 Å². The molecule has 0 saturated carbocycles. The lowest BCUT2D eigenvalue weighted by Gasteiger charge is -2.10. The normalized spacial score (nSPS) is 11.8. The minimum atomic E-state index is 0.307. The molecule has 0 aromatic carbocycles. The van der Waals surface area contributed by atoms with Gasteiger partial charge in [-0.25, -0.2) is 0 Å². The summed E-state index contributed by atoms with van der Waals surface area (Å²) < 4.78 is 0. The van der Waals surface area contributed by atoms with Gasteiger partial charge in [0.2, 0.25) is 0 Å². The van der Waals surface area contributed by atoms with Crippen molar-refractivity contribution >= 4 is 23.0 Å². The van der Waals surface area contributed by atoms with Crippen LogP contribution in [-0.4, -0.2) is 21.8 Å². The van der Waals surface area contributed by atoms with E-state index in [1.165, 1.54) is 5.56 Å². The van der Waals surface area contributed by atoms with E-state index in [1.54, 1.807) is 0 Å². The Labute approximate surface area is 108 Å². The van der Waals surface area contributed by atoms with Crippen molar-refractivity contribution in [3.8, 4) is 0 Å². The lowest BCUT2D eigenvalue weighted by molar-refractivity contribution is 0.719. The number of hydrogen-bond donors (Lipinski definition) is 3. The first-order valence-corrected chi connectivity index (χ1v) is 6.08. The summed E-state index contributed by atoms with van der Waals surface area (Å²) in [5.74, 6) is 0.